The average molecular weight is 486 g/mol. The first-order valence-electron chi connectivity index (χ1n) is 7.66. The maximum Gasteiger partial charge on any atom is 0.209 e. The summed E-state index contributed by atoms with van der Waals surface area (Å²) < 4.78 is 39.0. The third kappa shape index (κ3) is 8.82. The van der Waals surface area contributed by atoms with E-state index < -0.39 is 15.6 Å². The van der Waals surface area contributed by atoms with Crippen molar-refractivity contribution in [3.05, 3.63) is 35.1 Å². The second-order valence-corrected chi connectivity index (χ2v) is 8.31. The fourth-order valence-corrected chi connectivity index (χ4v) is 3.28. The zero-order chi connectivity index (χ0) is 18.5. The van der Waals surface area contributed by atoms with Crippen molar-refractivity contribution in [2.45, 2.75) is 39.3 Å². The topological polar surface area (TPSA) is 82.6 Å². The predicted molar refractivity (Wildman–Crippen MR) is 112 cm³/mol. The van der Waals surface area contributed by atoms with Gasteiger partial charge < -0.3 is 10.6 Å². The van der Waals surface area contributed by atoms with Crippen LogP contribution in [-0.2, 0) is 10.0 Å². The van der Waals surface area contributed by atoms with Gasteiger partial charge in [0.1, 0.15) is 5.82 Å². The molecule has 25 heavy (non-hydrogen) atoms. The molecule has 6 nitrogen and oxygen atoms in total. The molecule has 0 aromatic heterocycles. The highest BCUT2D eigenvalue weighted by Crippen LogP contribution is 2.16. The second-order valence-electron chi connectivity index (χ2n) is 6.56. The molecule has 0 aliphatic heterocycles. The van der Waals surface area contributed by atoms with Crippen molar-refractivity contribution in [3.8, 4) is 0 Å². The van der Waals surface area contributed by atoms with Gasteiger partial charge in [0, 0.05) is 19.1 Å². The lowest BCUT2D eigenvalue weighted by Crippen LogP contribution is -2.53. The van der Waals surface area contributed by atoms with Crippen molar-refractivity contribution in [3.63, 3.8) is 0 Å². The van der Waals surface area contributed by atoms with Gasteiger partial charge in [-0.1, -0.05) is 12.1 Å². The van der Waals surface area contributed by atoms with Gasteiger partial charge in [-0.3, -0.25) is 4.99 Å². The molecule has 0 aliphatic carbocycles. The van der Waals surface area contributed by atoms with Crippen LogP contribution < -0.4 is 15.4 Å². The Bertz CT molecular complexity index is 708. The molecule has 0 amide bonds. The Labute approximate surface area is 167 Å². The molecule has 1 unspecified atom stereocenters. The largest absolute Gasteiger partial charge is 0.355 e. The summed E-state index contributed by atoms with van der Waals surface area (Å²) in [4.78, 5) is 4.12. The van der Waals surface area contributed by atoms with Gasteiger partial charge in [0.2, 0.25) is 10.0 Å². The molecule has 144 valence electrons. The number of halogens is 2. The number of aliphatic imine (C=N–C) groups is 1. The van der Waals surface area contributed by atoms with Crippen LogP contribution in [0.4, 0.5) is 4.39 Å². The summed E-state index contributed by atoms with van der Waals surface area (Å²) in [5.41, 5.74) is 0.723. The van der Waals surface area contributed by atoms with Crippen LogP contribution in [0, 0.1) is 12.7 Å². The average Bonchev–Trinajstić information content (AvgIpc) is 2.43. The first kappa shape index (κ1) is 24.1. The summed E-state index contributed by atoms with van der Waals surface area (Å²) in [7, 11) is -1.68. The normalized spacial score (nSPS) is 13.8. The van der Waals surface area contributed by atoms with Crippen molar-refractivity contribution in [2.24, 2.45) is 4.99 Å². The van der Waals surface area contributed by atoms with Gasteiger partial charge in [0.25, 0.3) is 0 Å². The number of benzene rings is 1. The standard InChI is InChI=1S/C16H27FN4O2S.HI/c1-11-7-8-13(9-14(11)17)12(2)20-15(18-5)19-10-16(3,4)21-24(6,22)23;/h7-9,12,21H,10H2,1-6H3,(H2,18,19,20);1H. The molecule has 0 fully saturated rings. The Morgan fingerprint density at radius 1 is 1.36 bits per heavy atom. The van der Waals surface area contributed by atoms with Gasteiger partial charge in [0.15, 0.2) is 5.96 Å². The van der Waals surface area contributed by atoms with Crippen molar-refractivity contribution in [1.29, 1.82) is 0 Å². The molecule has 1 rings (SSSR count). The Kier molecular flexibility index (Phi) is 9.31. The Morgan fingerprint density at radius 3 is 2.44 bits per heavy atom. The SMILES string of the molecule is CN=C(NCC(C)(C)NS(C)(=O)=O)NC(C)c1ccc(C)c(F)c1.I. The summed E-state index contributed by atoms with van der Waals surface area (Å²) in [5.74, 6) is 0.259. The van der Waals surface area contributed by atoms with Gasteiger partial charge in [-0.15, -0.1) is 24.0 Å². The number of guanidine groups is 1. The fraction of sp³-hybridized carbons (Fsp3) is 0.562. The number of sulfonamides is 1. The molecule has 0 radical (unpaired) electrons. The zero-order valence-electron chi connectivity index (χ0n) is 15.5. The summed E-state index contributed by atoms with van der Waals surface area (Å²) in [5, 5.41) is 6.24. The van der Waals surface area contributed by atoms with Crippen LogP contribution in [0.3, 0.4) is 0 Å². The first-order valence-corrected chi connectivity index (χ1v) is 9.55. The molecule has 0 saturated heterocycles. The molecule has 9 heteroatoms. The summed E-state index contributed by atoms with van der Waals surface area (Å²) in [6.45, 7) is 7.50. The molecule has 0 spiro atoms. The number of nitrogens with zero attached hydrogens (tertiary/aromatic N) is 1. The van der Waals surface area contributed by atoms with Gasteiger partial charge in [-0.25, -0.2) is 17.5 Å². The highest BCUT2D eigenvalue weighted by atomic mass is 127. The van der Waals surface area contributed by atoms with E-state index in [0.717, 1.165) is 11.8 Å². The van der Waals surface area contributed by atoms with Gasteiger partial charge in [-0.2, -0.15) is 0 Å². The molecular weight excluding hydrogens is 458 g/mol. The van der Waals surface area contributed by atoms with Crippen LogP contribution in [0.25, 0.3) is 0 Å². The molecule has 0 bridgehead atoms. The minimum atomic E-state index is -3.30. The smallest absolute Gasteiger partial charge is 0.209 e. The zero-order valence-corrected chi connectivity index (χ0v) is 18.6. The van der Waals surface area contributed by atoms with Crippen LogP contribution in [0.1, 0.15) is 37.9 Å². The van der Waals surface area contributed by atoms with Crippen molar-refractivity contribution in [1.82, 2.24) is 15.4 Å². The maximum atomic E-state index is 13.7. The Balaban J connectivity index is 0.00000576. The van der Waals surface area contributed by atoms with E-state index in [1.54, 1.807) is 33.9 Å². The van der Waals surface area contributed by atoms with E-state index >= 15 is 0 Å². The van der Waals surface area contributed by atoms with Crippen molar-refractivity contribution < 1.29 is 12.8 Å². The number of hydrogen-bond acceptors (Lipinski definition) is 3. The highest BCUT2D eigenvalue weighted by molar-refractivity contribution is 14.0. The van der Waals surface area contributed by atoms with Gasteiger partial charge in [0.05, 0.1) is 12.3 Å². The maximum absolute atomic E-state index is 13.7. The lowest BCUT2D eigenvalue weighted by molar-refractivity contribution is 0.445. The third-order valence-electron chi connectivity index (χ3n) is 3.43. The van der Waals surface area contributed by atoms with Crippen LogP contribution in [0.2, 0.25) is 0 Å². The molecule has 1 aromatic carbocycles. The van der Waals surface area contributed by atoms with Crippen LogP contribution in [-0.4, -0.2) is 39.8 Å². The first-order chi connectivity index (χ1) is 10.9. The Hall–Kier alpha value is -0.940. The Morgan fingerprint density at radius 2 is 1.96 bits per heavy atom. The summed E-state index contributed by atoms with van der Waals surface area (Å²) in [6, 6.07) is 4.93. The van der Waals surface area contributed by atoms with E-state index in [1.165, 1.54) is 6.07 Å². The van der Waals surface area contributed by atoms with E-state index in [-0.39, 0.29) is 35.8 Å². The highest BCUT2D eigenvalue weighted by Gasteiger charge is 2.22. The quantitative estimate of drug-likeness (QED) is 0.328. The number of nitrogens with one attached hydrogen (secondary N) is 3. The molecule has 0 heterocycles. The summed E-state index contributed by atoms with van der Waals surface area (Å²) in [6.07, 6.45) is 1.12. The number of rotatable bonds is 6. The van der Waals surface area contributed by atoms with Crippen LogP contribution in [0.15, 0.2) is 23.2 Å². The van der Waals surface area contributed by atoms with Crippen molar-refractivity contribution >= 4 is 40.0 Å². The van der Waals surface area contributed by atoms with E-state index in [2.05, 4.69) is 20.3 Å². The number of hydrogen-bond donors (Lipinski definition) is 3. The van der Waals surface area contributed by atoms with E-state index in [4.69, 9.17) is 0 Å². The molecule has 3 N–H and O–H groups in total. The van der Waals surface area contributed by atoms with Gasteiger partial charge in [-0.05, 0) is 44.9 Å². The molecular formula is C16H28FIN4O2S. The van der Waals surface area contributed by atoms with Gasteiger partial charge >= 0.3 is 0 Å². The second kappa shape index (κ2) is 9.67. The molecule has 1 aromatic rings. The molecule has 0 aliphatic rings. The van der Waals surface area contributed by atoms with Crippen LogP contribution >= 0.6 is 24.0 Å². The predicted octanol–water partition coefficient (Wildman–Crippen LogP) is 2.31. The van der Waals surface area contributed by atoms with Crippen LogP contribution in [0.5, 0.6) is 0 Å². The van der Waals surface area contributed by atoms with E-state index in [0.29, 0.717) is 18.1 Å². The third-order valence-corrected chi connectivity index (χ3v) is 4.36. The minimum absolute atomic E-state index is 0. The molecule has 1 atom stereocenters. The lowest BCUT2D eigenvalue weighted by atomic mass is 10.1. The van der Waals surface area contributed by atoms with E-state index in [1.807, 2.05) is 13.0 Å². The lowest BCUT2D eigenvalue weighted by Gasteiger charge is -2.27. The minimum Gasteiger partial charge on any atom is -0.355 e. The molecule has 0 saturated carbocycles. The van der Waals surface area contributed by atoms with Crippen molar-refractivity contribution in [2.75, 3.05) is 19.8 Å². The summed E-state index contributed by atoms with van der Waals surface area (Å²) >= 11 is 0. The monoisotopic (exact) mass is 486 g/mol. The number of aryl methyl sites for hydroxylation is 1. The fourth-order valence-electron chi connectivity index (χ4n) is 2.20. The van der Waals surface area contributed by atoms with E-state index in [9.17, 15) is 12.8 Å².